The van der Waals surface area contributed by atoms with Crippen molar-refractivity contribution in [2.75, 3.05) is 18.0 Å². The van der Waals surface area contributed by atoms with Crippen molar-refractivity contribution in [3.8, 4) is 5.75 Å². The maximum atomic E-state index is 14.1. The maximum Gasteiger partial charge on any atom is 0.264 e. The SMILES string of the molecule is COc1ccc(CN(C(=O)CN(c2ccc(C)cc2)S(=O)(=O)c2ccc(Cl)cc2)[C@@H](C)C(=O)NC2CCCCC2)cc1. The molecule has 1 aliphatic carbocycles. The summed E-state index contributed by atoms with van der Waals surface area (Å²) in [5.41, 5.74) is 2.07. The molecule has 3 aromatic rings. The van der Waals surface area contributed by atoms with Crippen molar-refractivity contribution in [2.45, 2.75) is 69.5 Å². The molecular formula is C32H38ClN3O5S. The first-order valence-electron chi connectivity index (χ1n) is 14.2. The first-order chi connectivity index (χ1) is 20.1. The number of rotatable bonds is 11. The van der Waals surface area contributed by atoms with Crippen LogP contribution < -0.4 is 14.4 Å². The van der Waals surface area contributed by atoms with Gasteiger partial charge in [-0.2, -0.15) is 0 Å². The lowest BCUT2D eigenvalue weighted by atomic mass is 9.95. The standard InChI is InChI=1S/C32H38ClN3O5S/c1-23-9-15-28(16-10-23)36(42(39,40)30-19-13-26(33)14-20-30)22-31(37)35(21-25-11-17-29(41-3)18-12-25)24(2)32(38)34-27-7-5-4-6-8-27/h9-20,24,27H,4-8,21-22H2,1-3H3,(H,34,38)/t24-/m0/s1. The molecule has 10 heteroatoms. The van der Waals surface area contributed by atoms with Crippen LogP contribution in [-0.2, 0) is 26.2 Å². The van der Waals surface area contributed by atoms with Crippen LogP contribution in [0.2, 0.25) is 5.02 Å². The van der Waals surface area contributed by atoms with Gasteiger partial charge >= 0.3 is 0 Å². The van der Waals surface area contributed by atoms with E-state index >= 15 is 0 Å². The Bertz CT molecular complexity index is 1460. The summed E-state index contributed by atoms with van der Waals surface area (Å²) in [6.45, 7) is 3.20. The number of anilines is 1. The smallest absolute Gasteiger partial charge is 0.264 e. The van der Waals surface area contributed by atoms with Gasteiger partial charge in [0.2, 0.25) is 11.8 Å². The van der Waals surface area contributed by atoms with E-state index in [1.54, 1.807) is 50.4 Å². The topological polar surface area (TPSA) is 96.0 Å². The molecule has 8 nitrogen and oxygen atoms in total. The van der Waals surface area contributed by atoms with Crippen LogP contribution in [0, 0.1) is 6.92 Å². The van der Waals surface area contributed by atoms with E-state index in [2.05, 4.69) is 5.32 Å². The largest absolute Gasteiger partial charge is 0.497 e. The highest BCUT2D eigenvalue weighted by molar-refractivity contribution is 7.92. The highest BCUT2D eigenvalue weighted by Gasteiger charge is 2.33. The predicted molar refractivity (Wildman–Crippen MR) is 165 cm³/mol. The van der Waals surface area contributed by atoms with Crippen molar-refractivity contribution in [3.05, 3.63) is 88.9 Å². The molecule has 0 spiro atoms. The molecule has 4 rings (SSSR count). The summed E-state index contributed by atoms with van der Waals surface area (Å²) in [7, 11) is -2.58. The number of hydrogen-bond donors (Lipinski definition) is 1. The van der Waals surface area contributed by atoms with Gasteiger partial charge in [-0.25, -0.2) is 8.42 Å². The van der Waals surface area contributed by atoms with E-state index in [1.807, 2.05) is 19.1 Å². The second-order valence-corrected chi connectivity index (χ2v) is 13.0. The quantitative estimate of drug-likeness (QED) is 0.299. The van der Waals surface area contributed by atoms with Crippen LogP contribution in [0.25, 0.3) is 0 Å². The third-order valence-electron chi connectivity index (χ3n) is 7.63. The average Bonchev–Trinajstić information content (AvgIpc) is 2.99. The van der Waals surface area contributed by atoms with E-state index in [1.165, 1.54) is 29.2 Å². The van der Waals surface area contributed by atoms with Crippen molar-refractivity contribution in [3.63, 3.8) is 0 Å². The predicted octanol–water partition coefficient (Wildman–Crippen LogP) is 5.72. The molecule has 0 heterocycles. The summed E-state index contributed by atoms with van der Waals surface area (Å²) in [6.07, 6.45) is 5.08. The van der Waals surface area contributed by atoms with Crippen molar-refractivity contribution in [2.24, 2.45) is 0 Å². The van der Waals surface area contributed by atoms with Crippen LogP contribution in [0.3, 0.4) is 0 Å². The summed E-state index contributed by atoms with van der Waals surface area (Å²) in [6, 6.07) is 19.2. The normalized spacial score (nSPS) is 14.6. The zero-order valence-electron chi connectivity index (χ0n) is 24.3. The number of sulfonamides is 1. The number of aryl methyl sites for hydroxylation is 1. The Labute approximate surface area is 253 Å². The molecule has 0 radical (unpaired) electrons. The molecule has 0 aromatic heterocycles. The first kappa shape index (κ1) is 31.4. The van der Waals surface area contributed by atoms with Crippen LogP contribution in [0.5, 0.6) is 5.75 Å². The van der Waals surface area contributed by atoms with Crippen LogP contribution in [0.15, 0.2) is 77.7 Å². The third-order valence-corrected chi connectivity index (χ3v) is 9.67. The van der Waals surface area contributed by atoms with Gasteiger partial charge < -0.3 is 15.0 Å². The van der Waals surface area contributed by atoms with Gasteiger partial charge in [0.25, 0.3) is 10.0 Å². The van der Waals surface area contributed by atoms with Crippen LogP contribution in [-0.4, -0.2) is 50.9 Å². The Kier molecular flexibility index (Phi) is 10.5. The molecule has 1 fully saturated rings. The molecular weight excluding hydrogens is 574 g/mol. The molecule has 1 N–H and O–H groups in total. The van der Waals surface area contributed by atoms with Gasteiger partial charge in [-0.15, -0.1) is 0 Å². The highest BCUT2D eigenvalue weighted by Crippen LogP contribution is 2.26. The minimum atomic E-state index is -4.15. The fraction of sp³-hybridized carbons (Fsp3) is 0.375. The van der Waals surface area contributed by atoms with E-state index in [9.17, 15) is 18.0 Å². The van der Waals surface area contributed by atoms with Gasteiger partial charge in [0.15, 0.2) is 0 Å². The summed E-state index contributed by atoms with van der Waals surface area (Å²) in [5, 5.41) is 3.51. The summed E-state index contributed by atoms with van der Waals surface area (Å²) < 4.78 is 34.2. The third kappa shape index (κ3) is 7.83. The second kappa shape index (κ2) is 14.1. The zero-order chi connectivity index (χ0) is 30.3. The maximum absolute atomic E-state index is 14.1. The number of nitrogens with zero attached hydrogens (tertiary/aromatic N) is 2. The zero-order valence-corrected chi connectivity index (χ0v) is 25.8. The minimum Gasteiger partial charge on any atom is -0.497 e. The lowest BCUT2D eigenvalue weighted by Crippen LogP contribution is -2.53. The van der Waals surface area contributed by atoms with E-state index in [4.69, 9.17) is 16.3 Å². The number of carbonyl (C=O) groups is 2. The number of halogens is 1. The summed E-state index contributed by atoms with van der Waals surface area (Å²) in [4.78, 5) is 29.0. The first-order valence-corrected chi connectivity index (χ1v) is 16.0. The minimum absolute atomic E-state index is 0.00469. The molecule has 3 aromatic carbocycles. The van der Waals surface area contributed by atoms with Gasteiger partial charge in [0.05, 0.1) is 17.7 Å². The Morgan fingerprint density at radius 2 is 1.57 bits per heavy atom. The molecule has 42 heavy (non-hydrogen) atoms. The summed E-state index contributed by atoms with van der Waals surface area (Å²) in [5.74, 6) is -0.0965. The van der Waals surface area contributed by atoms with Crippen molar-refractivity contribution in [1.82, 2.24) is 10.2 Å². The van der Waals surface area contributed by atoms with Crippen molar-refractivity contribution >= 4 is 39.1 Å². The molecule has 0 aliphatic heterocycles. The molecule has 1 saturated carbocycles. The number of nitrogens with one attached hydrogen (secondary N) is 1. The Morgan fingerprint density at radius 1 is 0.952 bits per heavy atom. The van der Waals surface area contributed by atoms with E-state index in [0.717, 1.165) is 47.5 Å². The molecule has 0 bridgehead atoms. The average molecular weight is 612 g/mol. The fourth-order valence-corrected chi connectivity index (χ4v) is 6.59. The molecule has 0 saturated heterocycles. The van der Waals surface area contributed by atoms with E-state index in [-0.39, 0.29) is 23.4 Å². The number of carbonyl (C=O) groups excluding carboxylic acids is 2. The molecule has 224 valence electrons. The molecule has 1 atom stereocenters. The Hall–Kier alpha value is -3.56. The Morgan fingerprint density at radius 3 is 2.17 bits per heavy atom. The summed E-state index contributed by atoms with van der Waals surface area (Å²) >= 11 is 6.02. The second-order valence-electron chi connectivity index (χ2n) is 10.7. The van der Waals surface area contributed by atoms with Gasteiger partial charge in [0.1, 0.15) is 18.3 Å². The number of ether oxygens (including phenoxy) is 1. The van der Waals surface area contributed by atoms with Gasteiger partial charge in [0, 0.05) is 17.6 Å². The number of amides is 2. The van der Waals surface area contributed by atoms with Gasteiger partial charge in [-0.3, -0.25) is 13.9 Å². The lowest BCUT2D eigenvalue weighted by Gasteiger charge is -2.33. The van der Waals surface area contributed by atoms with Crippen LogP contribution in [0.1, 0.15) is 50.2 Å². The van der Waals surface area contributed by atoms with Gasteiger partial charge in [-0.1, -0.05) is 60.7 Å². The van der Waals surface area contributed by atoms with Crippen LogP contribution >= 0.6 is 11.6 Å². The van der Waals surface area contributed by atoms with E-state index in [0.29, 0.717) is 16.5 Å². The molecule has 1 aliphatic rings. The van der Waals surface area contributed by atoms with E-state index < -0.39 is 28.5 Å². The molecule has 2 amide bonds. The lowest BCUT2D eigenvalue weighted by molar-refractivity contribution is -0.139. The van der Waals surface area contributed by atoms with Crippen molar-refractivity contribution in [1.29, 1.82) is 0 Å². The van der Waals surface area contributed by atoms with Gasteiger partial charge in [-0.05, 0) is 80.8 Å². The molecule has 0 unspecified atom stereocenters. The highest BCUT2D eigenvalue weighted by atomic mass is 35.5. The monoisotopic (exact) mass is 611 g/mol. The number of methoxy groups -OCH3 is 1. The van der Waals surface area contributed by atoms with Crippen molar-refractivity contribution < 1.29 is 22.7 Å². The number of benzene rings is 3. The number of hydrogen-bond acceptors (Lipinski definition) is 5. The van der Waals surface area contributed by atoms with Crippen LogP contribution in [0.4, 0.5) is 5.69 Å². The fourth-order valence-electron chi connectivity index (χ4n) is 5.05. The Balaban J connectivity index is 1.66.